The Bertz CT molecular complexity index is 912. The largest absolute Gasteiger partial charge is 0.456 e. The van der Waals surface area contributed by atoms with Crippen molar-refractivity contribution in [1.29, 1.82) is 0 Å². The molecule has 0 saturated carbocycles. The molecule has 2 aromatic carbocycles. The number of hydrogen-bond acceptors (Lipinski definition) is 4. The van der Waals surface area contributed by atoms with Gasteiger partial charge in [-0.15, -0.1) is 0 Å². The molecule has 0 radical (unpaired) electrons. The Morgan fingerprint density at radius 3 is 2.45 bits per heavy atom. The SMILES string of the molecule is O=c1cc(-c2ccc(SCl)c(SCl)c2)oc2ccc(Br)cc12. The number of rotatable bonds is 3. The summed E-state index contributed by atoms with van der Waals surface area (Å²) in [6.07, 6.45) is 0. The molecule has 112 valence electrons. The van der Waals surface area contributed by atoms with Gasteiger partial charge in [0.05, 0.1) is 5.39 Å². The molecule has 0 unspecified atom stereocenters. The van der Waals surface area contributed by atoms with E-state index in [1.807, 2.05) is 24.3 Å². The Morgan fingerprint density at radius 2 is 1.73 bits per heavy atom. The second kappa shape index (κ2) is 6.89. The molecule has 0 saturated heterocycles. The van der Waals surface area contributed by atoms with Crippen LogP contribution in [0.3, 0.4) is 0 Å². The highest BCUT2D eigenvalue weighted by Crippen LogP contribution is 2.38. The van der Waals surface area contributed by atoms with Crippen molar-refractivity contribution < 1.29 is 4.42 Å². The first kappa shape index (κ1) is 16.3. The van der Waals surface area contributed by atoms with Gasteiger partial charge >= 0.3 is 0 Å². The van der Waals surface area contributed by atoms with Crippen LogP contribution in [-0.2, 0) is 0 Å². The molecule has 0 atom stereocenters. The standard InChI is InChI=1S/C15H7BrCl2O2S2/c16-9-2-3-12-10(6-9)11(19)7-13(20-12)8-1-4-14(21-17)15(5-8)22-18/h1-7H. The maximum absolute atomic E-state index is 12.3. The molecule has 0 aliphatic heterocycles. The minimum Gasteiger partial charge on any atom is -0.456 e. The van der Waals surface area contributed by atoms with Crippen molar-refractivity contribution in [3.05, 3.63) is 57.2 Å². The molecule has 2 nitrogen and oxygen atoms in total. The topological polar surface area (TPSA) is 30.2 Å². The maximum atomic E-state index is 12.3. The van der Waals surface area contributed by atoms with Gasteiger partial charge in [-0.3, -0.25) is 4.79 Å². The predicted molar refractivity (Wildman–Crippen MR) is 99.0 cm³/mol. The lowest BCUT2D eigenvalue weighted by Gasteiger charge is -2.07. The summed E-state index contributed by atoms with van der Waals surface area (Å²) < 4.78 is 6.68. The van der Waals surface area contributed by atoms with E-state index in [2.05, 4.69) is 15.9 Å². The molecule has 3 rings (SSSR count). The zero-order valence-corrected chi connectivity index (χ0v) is 15.5. The van der Waals surface area contributed by atoms with Crippen molar-refractivity contribution in [1.82, 2.24) is 0 Å². The van der Waals surface area contributed by atoms with Gasteiger partial charge in [0.1, 0.15) is 11.3 Å². The minimum atomic E-state index is -0.0894. The van der Waals surface area contributed by atoms with Gasteiger partial charge in [-0.2, -0.15) is 0 Å². The Balaban J connectivity index is 2.18. The van der Waals surface area contributed by atoms with Crippen LogP contribution in [0.15, 0.2) is 65.9 Å². The van der Waals surface area contributed by atoms with E-state index in [1.54, 1.807) is 12.1 Å². The van der Waals surface area contributed by atoms with Crippen molar-refractivity contribution in [2.24, 2.45) is 0 Å². The van der Waals surface area contributed by atoms with E-state index in [0.29, 0.717) is 16.7 Å². The quantitative estimate of drug-likeness (QED) is 0.458. The van der Waals surface area contributed by atoms with Crippen molar-refractivity contribution in [2.75, 3.05) is 0 Å². The first-order valence-corrected chi connectivity index (χ1v) is 10.1. The molecule has 0 aliphatic rings. The highest BCUT2D eigenvalue weighted by Gasteiger charge is 2.10. The van der Waals surface area contributed by atoms with E-state index in [-0.39, 0.29) is 5.43 Å². The molecule has 7 heteroatoms. The van der Waals surface area contributed by atoms with Crippen molar-refractivity contribution in [2.45, 2.75) is 9.79 Å². The molecule has 0 amide bonds. The van der Waals surface area contributed by atoms with Crippen LogP contribution in [0, 0.1) is 0 Å². The summed E-state index contributed by atoms with van der Waals surface area (Å²) in [6, 6.07) is 12.4. The van der Waals surface area contributed by atoms with Crippen molar-refractivity contribution in [3.8, 4) is 11.3 Å². The fourth-order valence-electron chi connectivity index (χ4n) is 2.06. The van der Waals surface area contributed by atoms with Crippen LogP contribution in [0.4, 0.5) is 0 Å². The van der Waals surface area contributed by atoms with Gasteiger partial charge in [-0.1, -0.05) is 22.0 Å². The lowest BCUT2D eigenvalue weighted by Crippen LogP contribution is -2.00. The fraction of sp³-hybridized carbons (Fsp3) is 0. The number of fused-ring (bicyclic) bond motifs is 1. The first-order chi connectivity index (χ1) is 10.6. The van der Waals surface area contributed by atoms with Gasteiger partial charge in [-0.25, -0.2) is 0 Å². The summed E-state index contributed by atoms with van der Waals surface area (Å²) in [5.41, 5.74) is 1.23. The lowest BCUT2D eigenvalue weighted by atomic mass is 10.1. The summed E-state index contributed by atoms with van der Waals surface area (Å²) in [7, 11) is 13.8. The highest BCUT2D eigenvalue weighted by atomic mass is 79.9. The third kappa shape index (κ3) is 3.19. The molecule has 0 fully saturated rings. The molecule has 3 aromatic rings. The maximum Gasteiger partial charge on any atom is 0.193 e. The Kier molecular flexibility index (Phi) is 5.10. The molecule has 0 N–H and O–H groups in total. The molecule has 0 spiro atoms. The normalized spacial score (nSPS) is 11.0. The van der Waals surface area contributed by atoms with Crippen LogP contribution in [0.2, 0.25) is 0 Å². The Labute approximate surface area is 152 Å². The summed E-state index contributed by atoms with van der Waals surface area (Å²) in [5.74, 6) is 0.498. The first-order valence-electron chi connectivity index (χ1n) is 6.07. The van der Waals surface area contributed by atoms with E-state index in [0.717, 1.165) is 41.8 Å². The van der Waals surface area contributed by atoms with Crippen LogP contribution in [0.5, 0.6) is 0 Å². The number of halogens is 3. The van der Waals surface area contributed by atoms with Crippen LogP contribution in [0.1, 0.15) is 0 Å². The van der Waals surface area contributed by atoms with Gasteiger partial charge in [-0.05, 0) is 73.6 Å². The Morgan fingerprint density at radius 1 is 0.955 bits per heavy atom. The molecular formula is C15H7BrCl2O2S2. The van der Waals surface area contributed by atoms with Crippen LogP contribution in [-0.4, -0.2) is 0 Å². The van der Waals surface area contributed by atoms with Crippen molar-refractivity contribution >= 4 is 70.2 Å². The molecule has 1 aromatic heterocycles. The fourth-order valence-corrected chi connectivity index (χ4v) is 4.30. The minimum absolute atomic E-state index is 0.0894. The monoisotopic (exact) mass is 432 g/mol. The second-order valence-corrected chi connectivity index (χ2v) is 7.46. The van der Waals surface area contributed by atoms with E-state index in [4.69, 9.17) is 25.8 Å². The summed E-state index contributed by atoms with van der Waals surface area (Å²) in [5, 5.41) is 0.540. The second-order valence-electron chi connectivity index (χ2n) is 4.43. The van der Waals surface area contributed by atoms with Crippen LogP contribution in [0.25, 0.3) is 22.3 Å². The summed E-state index contributed by atoms with van der Waals surface area (Å²) >= 11 is 3.35. The number of benzene rings is 2. The van der Waals surface area contributed by atoms with E-state index in [1.165, 1.54) is 6.07 Å². The van der Waals surface area contributed by atoms with E-state index in [9.17, 15) is 4.79 Å². The summed E-state index contributed by atoms with van der Waals surface area (Å²) in [6.45, 7) is 0. The summed E-state index contributed by atoms with van der Waals surface area (Å²) in [4.78, 5) is 13.9. The molecular weight excluding hydrogens is 427 g/mol. The van der Waals surface area contributed by atoms with Gasteiger partial charge in [0.15, 0.2) is 5.43 Å². The average molecular weight is 434 g/mol. The van der Waals surface area contributed by atoms with E-state index >= 15 is 0 Å². The molecule has 0 bridgehead atoms. The number of hydrogen-bond donors (Lipinski definition) is 0. The molecule has 1 heterocycles. The third-order valence-corrected chi connectivity index (χ3v) is 5.73. The lowest BCUT2D eigenvalue weighted by molar-refractivity contribution is 0.618. The van der Waals surface area contributed by atoms with E-state index < -0.39 is 0 Å². The molecule has 22 heavy (non-hydrogen) atoms. The van der Waals surface area contributed by atoms with Crippen LogP contribution >= 0.6 is 59.2 Å². The zero-order valence-electron chi connectivity index (χ0n) is 10.8. The zero-order chi connectivity index (χ0) is 15.7. The third-order valence-electron chi connectivity index (χ3n) is 3.08. The average Bonchev–Trinajstić information content (AvgIpc) is 2.54. The van der Waals surface area contributed by atoms with Gasteiger partial charge < -0.3 is 4.42 Å². The molecule has 0 aliphatic carbocycles. The van der Waals surface area contributed by atoms with Gasteiger partial charge in [0, 0.05) is 25.9 Å². The smallest absolute Gasteiger partial charge is 0.193 e. The van der Waals surface area contributed by atoms with Gasteiger partial charge in [0.2, 0.25) is 0 Å². The van der Waals surface area contributed by atoms with Crippen molar-refractivity contribution in [3.63, 3.8) is 0 Å². The van der Waals surface area contributed by atoms with Crippen LogP contribution < -0.4 is 5.43 Å². The Hall–Kier alpha value is -0.590. The van der Waals surface area contributed by atoms with Gasteiger partial charge in [0.25, 0.3) is 0 Å². The predicted octanol–water partition coefficient (Wildman–Crippen LogP) is 6.71. The highest BCUT2D eigenvalue weighted by molar-refractivity contribution is 9.10.